The van der Waals surface area contributed by atoms with Gasteiger partial charge in [-0.2, -0.15) is 0 Å². The Morgan fingerprint density at radius 2 is 2.00 bits per heavy atom. The molecular weight excluding hydrogens is 182 g/mol. The smallest absolute Gasteiger partial charge is 0.0406 e. The van der Waals surface area contributed by atoms with Crippen molar-refractivity contribution in [2.24, 2.45) is 0 Å². The minimum Gasteiger partial charge on any atom is -0.369 e. The molecule has 0 amide bonds. The van der Waals surface area contributed by atoms with Crippen LogP contribution in [0.15, 0.2) is 18.2 Å². The maximum Gasteiger partial charge on any atom is 0.0406 e. The second kappa shape index (κ2) is 3.26. The van der Waals surface area contributed by atoms with Gasteiger partial charge in [0, 0.05) is 18.3 Å². The van der Waals surface area contributed by atoms with Gasteiger partial charge in [-0.1, -0.05) is 19.1 Å². The first-order chi connectivity index (χ1) is 6.92. The first-order valence-corrected chi connectivity index (χ1v) is 5.76. The van der Waals surface area contributed by atoms with Crippen molar-refractivity contribution in [3.63, 3.8) is 0 Å². The molecule has 15 heavy (non-hydrogen) atoms. The van der Waals surface area contributed by atoms with Crippen LogP contribution in [0.25, 0.3) is 0 Å². The molecule has 0 saturated carbocycles. The Balaban J connectivity index is 2.55. The van der Waals surface area contributed by atoms with Gasteiger partial charge >= 0.3 is 0 Å². The number of hydrogen-bond donors (Lipinski definition) is 0. The van der Waals surface area contributed by atoms with Crippen molar-refractivity contribution in [2.45, 2.75) is 45.6 Å². The Labute approximate surface area is 93.1 Å². The van der Waals surface area contributed by atoms with Crippen LogP contribution in [-0.2, 0) is 0 Å². The van der Waals surface area contributed by atoms with Gasteiger partial charge in [0.25, 0.3) is 0 Å². The molecule has 1 unspecified atom stereocenters. The Hall–Kier alpha value is -0.980. The lowest BCUT2D eigenvalue weighted by molar-refractivity contribution is 0.395. The number of rotatable bonds is 0. The predicted molar refractivity (Wildman–Crippen MR) is 66.7 cm³/mol. The van der Waals surface area contributed by atoms with Gasteiger partial charge in [-0.15, -0.1) is 0 Å². The molecule has 1 atom stereocenters. The normalized spacial score (nSPS) is 23.8. The maximum absolute atomic E-state index is 2.43. The van der Waals surface area contributed by atoms with Gasteiger partial charge in [-0.05, 0) is 50.3 Å². The fourth-order valence-electron chi connectivity index (χ4n) is 2.68. The van der Waals surface area contributed by atoms with E-state index in [1.165, 1.54) is 23.2 Å². The summed E-state index contributed by atoms with van der Waals surface area (Å²) in [6, 6.07) is 6.83. The number of anilines is 1. The molecule has 0 saturated heterocycles. The van der Waals surface area contributed by atoms with Gasteiger partial charge in [-0.25, -0.2) is 0 Å². The fraction of sp³-hybridized carbons (Fsp3) is 0.571. The average Bonchev–Trinajstić information content (AvgIpc) is 2.13. The standard InChI is InChI=1S/C14H21N/c1-10-6-7-12-11(2)9-14(3,4)15(5)13(12)8-10/h6-8,11H,9H2,1-5H3. The van der Waals surface area contributed by atoms with Gasteiger partial charge in [0.1, 0.15) is 0 Å². The molecule has 0 bridgehead atoms. The lowest BCUT2D eigenvalue weighted by Gasteiger charge is -2.45. The predicted octanol–water partition coefficient (Wildman–Crippen LogP) is 3.72. The first kappa shape index (κ1) is 10.5. The van der Waals surface area contributed by atoms with E-state index in [0.717, 1.165) is 0 Å². The highest BCUT2D eigenvalue weighted by molar-refractivity contribution is 5.60. The molecule has 82 valence electrons. The third-order valence-electron chi connectivity index (χ3n) is 3.79. The molecule has 0 spiro atoms. The third-order valence-corrected chi connectivity index (χ3v) is 3.79. The highest BCUT2D eigenvalue weighted by Gasteiger charge is 2.33. The van der Waals surface area contributed by atoms with E-state index < -0.39 is 0 Å². The molecule has 0 aliphatic carbocycles. The van der Waals surface area contributed by atoms with Crippen LogP contribution in [0.3, 0.4) is 0 Å². The first-order valence-electron chi connectivity index (χ1n) is 5.76. The summed E-state index contributed by atoms with van der Waals surface area (Å²) in [6.07, 6.45) is 1.24. The zero-order chi connectivity index (χ0) is 11.2. The number of benzene rings is 1. The fourth-order valence-corrected chi connectivity index (χ4v) is 2.68. The molecule has 0 fully saturated rings. The van der Waals surface area contributed by atoms with Gasteiger partial charge in [-0.3, -0.25) is 0 Å². The zero-order valence-corrected chi connectivity index (χ0v) is 10.5. The summed E-state index contributed by atoms with van der Waals surface area (Å²) in [6.45, 7) is 9.16. The Bertz CT molecular complexity index is 379. The number of nitrogens with zero attached hydrogens (tertiary/aromatic N) is 1. The zero-order valence-electron chi connectivity index (χ0n) is 10.5. The van der Waals surface area contributed by atoms with Crippen molar-refractivity contribution < 1.29 is 0 Å². The largest absolute Gasteiger partial charge is 0.369 e. The molecule has 1 heteroatoms. The maximum atomic E-state index is 2.43. The van der Waals surface area contributed by atoms with Crippen LogP contribution < -0.4 is 4.90 Å². The Kier molecular flexibility index (Phi) is 2.29. The van der Waals surface area contributed by atoms with E-state index in [1.807, 2.05) is 0 Å². The van der Waals surface area contributed by atoms with Crippen LogP contribution in [0, 0.1) is 6.92 Å². The molecule has 2 rings (SSSR count). The SMILES string of the molecule is Cc1ccc2c(c1)N(C)C(C)(C)CC2C. The lowest BCUT2D eigenvalue weighted by Crippen LogP contribution is -2.45. The second-order valence-electron chi connectivity index (χ2n) is 5.54. The average molecular weight is 203 g/mol. The topological polar surface area (TPSA) is 3.24 Å². The second-order valence-corrected chi connectivity index (χ2v) is 5.54. The van der Waals surface area contributed by atoms with Crippen LogP contribution in [0.5, 0.6) is 0 Å². The van der Waals surface area contributed by atoms with Crippen molar-refractivity contribution >= 4 is 5.69 Å². The van der Waals surface area contributed by atoms with Crippen molar-refractivity contribution in [3.8, 4) is 0 Å². The molecule has 1 nitrogen and oxygen atoms in total. The van der Waals surface area contributed by atoms with Crippen molar-refractivity contribution in [1.29, 1.82) is 0 Å². The molecule has 0 aromatic heterocycles. The van der Waals surface area contributed by atoms with E-state index in [4.69, 9.17) is 0 Å². The third kappa shape index (κ3) is 1.64. The summed E-state index contributed by atoms with van der Waals surface area (Å²) in [5, 5.41) is 0. The number of aryl methyl sites for hydroxylation is 1. The summed E-state index contributed by atoms with van der Waals surface area (Å²) in [4.78, 5) is 2.43. The van der Waals surface area contributed by atoms with Crippen LogP contribution in [0.2, 0.25) is 0 Å². The number of hydrogen-bond acceptors (Lipinski definition) is 1. The van der Waals surface area contributed by atoms with Crippen LogP contribution >= 0.6 is 0 Å². The molecular formula is C14H21N. The summed E-state index contributed by atoms with van der Waals surface area (Å²) >= 11 is 0. The van der Waals surface area contributed by atoms with Gasteiger partial charge in [0.05, 0.1) is 0 Å². The van der Waals surface area contributed by atoms with Crippen LogP contribution in [0.1, 0.15) is 44.2 Å². The quantitative estimate of drug-likeness (QED) is 0.621. The van der Waals surface area contributed by atoms with Crippen molar-refractivity contribution in [2.75, 3.05) is 11.9 Å². The summed E-state index contributed by atoms with van der Waals surface area (Å²) < 4.78 is 0. The minimum absolute atomic E-state index is 0.278. The Morgan fingerprint density at radius 3 is 2.67 bits per heavy atom. The van der Waals surface area contributed by atoms with Crippen molar-refractivity contribution in [3.05, 3.63) is 29.3 Å². The molecule has 1 aromatic carbocycles. The van der Waals surface area contributed by atoms with E-state index in [-0.39, 0.29) is 5.54 Å². The van der Waals surface area contributed by atoms with Gasteiger partial charge < -0.3 is 4.90 Å². The monoisotopic (exact) mass is 203 g/mol. The molecule has 1 heterocycles. The highest BCUT2D eigenvalue weighted by Crippen LogP contribution is 2.42. The van der Waals surface area contributed by atoms with Gasteiger partial charge in [0.2, 0.25) is 0 Å². The molecule has 1 aromatic rings. The Morgan fingerprint density at radius 1 is 1.33 bits per heavy atom. The summed E-state index contributed by atoms with van der Waals surface area (Å²) in [5.41, 5.74) is 4.55. The van der Waals surface area contributed by atoms with E-state index in [1.54, 1.807) is 0 Å². The van der Waals surface area contributed by atoms with E-state index in [2.05, 4.69) is 57.8 Å². The van der Waals surface area contributed by atoms with Crippen LogP contribution in [0.4, 0.5) is 5.69 Å². The minimum atomic E-state index is 0.278. The van der Waals surface area contributed by atoms with Crippen molar-refractivity contribution in [1.82, 2.24) is 0 Å². The van der Waals surface area contributed by atoms with E-state index in [0.29, 0.717) is 5.92 Å². The summed E-state index contributed by atoms with van der Waals surface area (Å²) in [7, 11) is 2.21. The van der Waals surface area contributed by atoms with E-state index in [9.17, 15) is 0 Å². The highest BCUT2D eigenvalue weighted by atomic mass is 15.2. The van der Waals surface area contributed by atoms with E-state index >= 15 is 0 Å². The lowest BCUT2D eigenvalue weighted by atomic mass is 9.80. The van der Waals surface area contributed by atoms with Gasteiger partial charge in [0.15, 0.2) is 0 Å². The van der Waals surface area contributed by atoms with Crippen LogP contribution in [-0.4, -0.2) is 12.6 Å². The number of fused-ring (bicyclic) bond motifs is 1. The molecule has 1 aliphatic heterocycles. The summed E-state index contributed by atoms with van der Waals surface area (Å²) in [5.74, 6) is 0.673. The molecule has 0 N–H and O–H groups in total. The molecule has 1 aliphatic rings. The molecule has 0 radical (unpaired) electrons.